The molecule has 0 bridgehead atoms. The molecule has 21 heavy (non-hydrogen) atoms. The highest BCUT2D eigenvalue weighted by Crippen LogP contribution is 2.26. The van der Waals surface area contributed by atoms with Gasteiger partial charge in [0.2, 0.25) is 0 Å². The number of para-hydroxylation sites is 1. The summed E-state index contributed by atoms with van der Waals surface area (Å²) >= 11 is 6.06. The summed E-state index contributed by atoms with van der Waals surface area (Å²) < 4.78 is 0. The Balaban J connectivity index is 1.70. The third kappa shape index (κ3) is 3.39. The minimum Gasteiger partial charge on any atom is -0.385 e. The highest BCUT2D eigenvalue weighted by atomic mass is 35.5. The van der Waals surface area contributed by atoms with Crippen LogP contribution >= 0.6 is 11.6 Å². The predicted octanol–water partition coefficient (Wildman–Crippen LogP) is 4.55. The second-order valence-corrected chi connectivity index (χ2v) is 6.08. The van der Waals surface area contributed by atoms with Crippen LogP contribution in [0.5, 0.6) is 0 Å². The van der Waals surface area contributed by atoms with Gasteiger partial charge in [0, 0.05) is 29.8 Å². The average Bonchev–Trinajstić information content (AvgIpc) is 2.52. The van der Waals surface area contributed by atoms with Gasteiger partial charge >= 0.3 is 0 Å². The summed E-state index contributed by atoms with van der Waals surface area (Å²) in [5, 5.41) is 7.93. The van der Waals surface area contributed by atoms with Gasteiger partial charge in [-0.1, -0.05) is 41.9 Å². The van der Waals surface area contributed by atoms with E-state index in [-0.39, 0.29) is 6.04 Å². The van der Waals surface area contributed by atoms with E-state index in [1.54, 1.807) is 0 Å². The smallest absolute Gasteiger partial charge is 0.0418 e. The molecule has 110 valence electrons. The topological polar surface area (TPSA) is 24.1 Å². The molecule has 2 N–H and O–H groups in total. The maximum Gasteiger partial charge on any atom is 0.0418 e. The quantitative estimate of drug-likeness (QED) is 0.865. The second-order valence-electron chi connectivity index (χ2n) is 5.64. The van der Waals surface area contributed by atoms with E-state index in [9.17, 15) is 0 Å². The maximum atomic E-state index is 6.06. The Morgan fingerprint density at radius 2 is 2.10 bits per heavy atom. The SMILES string of the molecule is C[C@@H](NCc1cccc2c1NCCC2)c1cccc(Cl)c1. The zero-order valence-electron chi connectivity index (χ0n) is 12.3. The van der Waals surface area contributed by atoms with Crippen LogP contribution in [-0.2, 0) is 13.0 Å². The van der Waals surface area contributed by atoms with Gasteiger partial charge in [0.05, 0.1) is 0 Å². The van der Waals surface area contributed by atoms with Crippen LogP contribution < -0.4 is 10.6 Å². The zero-order valence-corrected chi connectivity index (χ0v) is 13.1. The summed E-state index contributed by atoms with van der Waals surface area (Å²) in [6.45, 7) is 4.12. The molecule has 0 saturated heterocycles. The van der Waals surface area contributed by atoms with Crippen molar-refractivity contribution in [2.75, 3.05) is 11.9 Å². The molecule has 1 aliphatic rings. The molecular formula is C18H21ClN2. The fraction of sp³-hybridized carbons (Fsp3) is 0.333. The molecule has 2 nitrogen and oxygen atoms in total. The van der Waals surface area contributed by atoms with Crippen LogP contribution in [0, 0.1) is 0 Å². The molecule has 2 aromatic carbocycles. The minimum atomic E-state index is 0.281. The zero-order chi connectivity index (χ0) is 14.7. The number of hydrogen-bond donors (Lipinski definition) is 2. The van der Waals surface area contributed by atoms with Crippen molar-refractivity contribution in [3.63, 3.8) is 0 Å². The lowest BCUT2D eigenvalue weighted by atomic mass is 9.99. The monoisotopic (exact) mass is 300 g/mol. The average molecular weight is 301 g/mol. The number of benzene rings is 2. The van der Waals surface area contributed by atoms with E-state index in [2.05, 4.69) is 41.8 Å². The number of nitrogens with one attached hydrogen (secondary N) is 2. The molecule has 1 heterocycles. The first-order valence-electron chi connectivity index (χ1n) is 7.57. The van der Waals surface area contributed by atoms with Crippen LogP contribution in [0.4, 0.5) is 5.69 Å². The number of anilines is 1. The van der Waals surface area contributed by atoms with E-state index in [1.807, 2.05) is 18.2 Å². The van der Waals surface area contributed by atoms with Gasteiger partial charge in [0.25, 0.3) is 0 Å². The largest absolute Gasteiger partial charge is 0.385 e. The lowest BCUT2D eigenvalue weighted by molar-refractivity contribution is 0.574. The molecule has 0 amide bonds. The van der Waals surface area contributed by atoms with E-state index in [1.165, 1.54) is 35.2 Å². The number of fused-ring (bicyclic) bond motifs is 1. The summed E-state index contributed by atoms with van der Waals surface area (Å²) in [6, 6.07) is 14.9. The van der Waals surface area contributed by atoms with E-state index in [0.717, 1.165) is 18.1 Å². The fourth-order valence-corrected chi connectivity index (χ4v) is 3.08. The van der Waals surface area contributed by atoms with Gasteiger partial charge in [-0.2, -0.15) is 0 Å². The number of rotatable bonds is 4. The maximum absolute atomic E-state index is 6.06. The molecule has 3 rings (SSSR count). The summed E-state index contributed by atoms with van der Waals surface area (Å²) in [6.07, 6.45) is 2.41. The second kappa shape index (κ2) is 6.50. The van der Waals surface area contributed by atoms with Crippen LogP contribution in [-0.4, -0.2) is 6.54 Å². The summed E-state index contributed by atoms with van der Waals surface area (Å²) in [4.78, 5) is 0. The Labute approximate surface area is 131 Å². The molecule has 0 radical (unpaired) electrons. The van der Waals surface area contributed by atoms with Crippen LogP contribution in [0.2, 0.25) is 5.02 Å². The molecule has 0 unspecified atom stereocenters. The van der Waals surface area contributed by atoms with Gasteiger partial charge in [-0.3, -0.25) is 0 Å². The molecule has 0 aliphatic carbocycles. The summed E-state index contributed by atoms with van der Waals surface area (Å²) in [5.41, 5.74) is 5.34. The molecular weight excluding hydrogens is 280 g/mol. The van der Waals surface area contributed by atoms with Gasteiger partial charge in [0.15, 0.2) is 0 Å². The molecule has 1 atom stereocenters. The van der Waals surface area contributed by atoms with Crippen molar-refractivity contribution in [2.24, 2.45) is 0 Å². The molecule has 2 aromatic rings. The van der Waals surface area contributed by atoms with Crippen LogP contribution in [0.3, 0.4) is 0 Å². The van der Waals surface area contributed by atoms with Crippen LogP contribution in [0.1, 0.15) is 36.1 Å². The van der Waals surface area contributed by atoms with Crippen molar-refractivity contribution in [3.05, 3.63) is 64.2 Å². The third-order valence-corrected chi connectivity index (χ3v) is 4.34. The molecule has 0 aromatic heterocycles. The van der Waals surface area contributed by atoms with Crippen molar-refractivity contribution in [2.45, 2.75) is 32.4 Å². The highest BCUT2D eigenvalue weighted by molar-refractivity contribution is 6.30. The first kappa shape index (κ1) is 14.4. The number of halogens is 1. The Kier molecular flexibility index (Phi) is 4.47. The molecule has 3 heteroatoms. The Hall–Kier alpha value is -1.51. The van der Waals surface area contributed by atoms with E-state index >= 15 is 0 Å². The fourth-order valence-electron chi connectivity index (χ4n) is 2.89. The van der Waals surface area contributed by atoms with E-state index in [0.29, 0.717) is 0 Å². The van der Waals surface area contributed by atoms with Crippen LogP contribution in [0.15, 0.2) is 42.5 Å². The van der Waals surface area contributed by atoms with Crippen molar-refractivity contribution in [3.8, 4) is 0 Å². The van der Waals surface area contributed by atoms with Crippen LogP contribution in [0.25, 0.3) is 0 Å². The lowest BCUT2D eigenvalue weighted by Crippen LogP contribution is -2.21. The number of hydrogen-bond acceptors (Lipinski definition) is 2. The van der Waals surface area contributed by atoms with Gasteiger partial charge < -0.3 is 10.6 Å². The Bertz CT molecular complexity index is 624. The van der Waals surface area contributed by atoms with Gasteiger partial charge in [0.1, 0.15) is 0 Å². The highest BCUT2D eigenvalue weighted by Gasteiger charge is 2.13. The van der Waals surface area contributed by atoms with Gasteiger partial charge in [-0.15, -0.1) is 0 Å². The number of aryl methyl sites for hydroxylation is 1. The molecule has 1 aliphatic heterocycles. The van der Waals surface area contributed by atoms with Crippen molar-refractivity contribution in [1.29, 1.82) is 0 Å². The Morgan fingerprint density at radius 3 is 2.95 bits per heavy atom. The Morgan fingerprint density at radius 1 is 1.24 bits per heavy atom. The normalized spacial score (nSPS) is 15.1. The predicted molar refractivity (Wildman–Crippen MR) is 90.0 cm³/mol. The first-order chi connectivity index (χ1) is 10.2. The van der Waals surface area contributed by atoms with Gasteiger partial charge in [-0.25, -0.2) is 0 Å². The molecule has 0 fully saturated rings. The standard InChI is InChI=1S/C18H21ClN2/c1-13(15-6-3-9-17(19)11-15)21-12-16-7-2-5-14-8-4-10-20-18(14)16/h2-3,5-7,9,11,13,20-21H,4,8,10,12H2,1H3/t13-/m1/s1. The van der Waals surface area contributed by atoms with Crippen molar-refractivity contribution in [1.82, 2.24) is 5.32 Å². The molecule has 0 saturated carbocycles. The van der Waals surface area contributed by atoms with E-state index in [4.69, 9.17) is 11.6 Å². The first-order valence-corrected chi connectivity index (χ1v) is 7.95. The third-order valence-electron chi connectivity index (χ3n) is 4.11. The van der Waals surface area contributed by atoms with Crippen molar-refractivity contribution < 1.29 is 0 Å². The summed E-state index contributed by atoms with van der Waals surface area (Å²) in [5.74, 6) is 0. The van der Waals surface area contributed by atoms with E-state index < -0.39 is 0 Å². The lowest BCUT2D eigenvalue weighted by Gasteiger charge is -2.22. The summed E-state index contributed by atoms with van der Waals surface area (Å²) in [7, 11) is 0. The molecule has 0 spiro atoms. The minimum absolute atomic E-state index is 0.281. The van der Waals surface area contributed by atoms with Gasteiger partial charge in [-0.05, 0) is 48.6 Å². The van der Waals surface area contributed by atoms with Crippen molar-refractivity contribution >= 4 is 17.3 Å².